The fraction of sp³-hybridized carbons (Fsp3) is 0.167. The minimum absolute atomic E-state index is 0.00676. The van der Waals surface area contributed by atoms with Crippen molar-refractivity contribution in [3.05, 3.63) is 46.5 Å². The van der Waals surface area contributed by atoms with Crippen molar-refractivity contribution in [2.45, 2.75) is 6.42 Å². The lowest BCUT2D eigenvalue weighted by atomic mass is 10.1. The van der Waals surface area contributed by atoms with Crippen LogP contribution >= 0.6 is 15.9 Å². The molecule has 0 saturated carbocycles. The lowest BCUT2D eigenvalue weighted by molar-refractivity contribution is 0.0990. The summed E-state index contributed by atoms with van der Waals surface area (Å²) in [5.41, 5.74) is 6.87. The third-order valence-electron chi connectivity index (χ3n) is 2.48. The van der Waals surface area contributed by atoms with Crippen LogP contribution in [0.15, 0.2) is 35.1 Å². The van der Waals surface area contributed by atoms with Crippen LogP contribution in [0.2, 0.25) is 0 Å². The van der Waals surface area contributed by atoms with Crippen molar-refractivity contribution in [2.24, 2.45) is 7.05 Å². The van der Waals surface area contributed by atoms with E-state index >= 15 is 0 Å². The van der Waals surface area contributed by atoms with Crippen molar-refractivity contribution in [2.75, 3.05) is 5.73 Å². The van der Waals surface area contributed by atoms with Gasteiger partial charge >= 0.3 is 0 Å². The Morgan fingerprint density at radius 2 is 2.24 bits per heavy atom. The number of nitrogen functional groups attached to an aromatic ring is 1. The highest BCUT2D eigenvalue weighted by atomic mass is 79.9. The van der Waals surface area contributed by atoms with Crippen molar-refractivity contribution >= 4 is 27.4 Å². The Hall–Kier alpha value is -1.62. The number of ketones is 1. The summed E-state index contributed by atoms with van der Waals surface area (Å²) in [5.74, 6) is 0.751. The number of aromatic nitrogens is 2. The lowest BCUT2D eigenvalue weighted by Gasteiger charge is -2.04. The van der Waals surface area contributed by atoms with Gasteiger partial charge in [0.2, 0.25) is 0 Å². The van der Waals surface area contributed by atoms with Gasteiger partial charge in [-0.15, -0.1) is 0 Å². The number of hydrogen-bond donors (Lipinski definition) is 1. The third kappa shape index (κ3) is 2.74. The Morgan fingerprint density at radius 3 is 2.82 bits per heavy atom. The van der Waals surface area contributed by atoms with Crippen LogP contribution < -0.4 is 5.73 Å². The average Bonchev–Trinajstić information content (AvgIpc) is 2.63. The molecule has 17 heavy (non-hydrogen) atoms. The van der Waals surface area contributed by atoms with E-state index in [0.29, 0.717) is 11.3 Å². The molecule has 0 spiro atoms. The van der Waals surface area contributed by atoms with Crippen LogP contribution in [0.5, 0.6) is 0 Å². The first-order chi connectivity index (χ1) is 8.06. The number of imidazole rings is 1. The normalized spacial score (nSPS) is 10.5. The summed E-state index contributed by atoms with van der Waals surface area (Å²) < 4.78 is 2.64. The second-order valence-corrected chi connectivity index (χ2v) is 4.74. The van der Waals surface area contributed by atoms with E-state index in [1.54, 1.807) is 24.4 Å². The van der Waals surface area contributed by atoms with Gasteiger partial charge < -0.3 is 10.3 Å². The zero-order chi connectivity index (χ0) is 12.4. The molecule has 0 radical (unpaired) electrons. The zero-order valence-corrected chi connectivity index (χ0v) is 10.9. The van der Waals surface area contributed by atoms with Crippen molar-refractivity contribution in [1.82, 2.24) is 9.55 Å². The fourth-order valence-electron chi connectivity index (χ4n) is 1.59. The molecule has 0 amide bonds. The van der Waals surface area contributed by atoms with E-state index in [4.69, 9.17) is 5.73 Å². The molecular formula is C12H12BrN3O. The molecule has 2 rings (SSSR count). The van der Waals surface area contributed by atoms with Crippen LogP contribution in [-0.4, -0.2) is 15.3 Å². The van der Waals surface area contributed by atoms with Gasteiger partial charge in [0.05, 0.1) is 6.42 Å². The first-order valence-electron chi connectivity index (χ1n) is 5.12. The highest BCUT2D eigenvalue weighted by Gasteiger charge is 2.11. The number of anilines is 1. The molecule has 5 heteroatoms. The largest absolute Gasteiger partial charge is 0.399 e. The topological polar surface area (TPSA) is 60.9 Å². The third-order valence-corrected chi connectivity index (χ3v) is 2.94. The maximum absolute atomic E-state index is 12.0. The minimum Gasteiger partial charge on any atom is -0.399 e. The maximum Gasteiger partial charge on any atom is 0.170 e. The van der Waals surface area contributed by atoms with Gasteiger partial charge in [-0.1, -0.05) is 15.9 Å². The molecule has 0 aliphatic carbocycles. The molecule has 2 N–H and O–H groups in total. The molecule has 1 heterocycles. The van der Waals surface area contributed by atoms with Crippen molar-refractivity contribution in [3.63, 3.8) is 0 Å². The Bertz CT molecular complexity index is 542. The van der Waals surface area contributed by atoms with Gasteiger partial charge in [0, 0.05) is 35.2 Å². The Morgan fingerprint density at radius 1 is 1.47 bits per heavy atom. The summed E-state index contributed by atoms with van der Waals surface area (Å²) in [6.45, 7) is 0. The predicted octanol–water partition coefficient (Wildman–Crippen LogP) is 2.19. The van der Waals surface area contributed by atoms with Gasteiger partial charge in [-0.3, -0.25) is 4.79 Å². The van der Waals surface area contributed by atoms with Gasteiger partial charge in [0.15, 0.2) is 5.78 Å². The van der Waals surface area contributed by atoms with Crippen LogP contribution in [0.3, 0.4) is 0 Å². The number of benzene rings is 1. The highest BCUT2D eigenvalue weighted by Crippen LogP contribution is 2.18. The van der Waals surface area contributed by atoms with E-state index in [-0.39, 0.29) is 12.2 Å². The first-order valence-corrected chi connectivity index (χ1v) is 5.91. The minimum atomic E-state index is 0.00676. The quantitative estimate of drug-likeness (QED) is 0.697. The SMILES string of the molecule is Cn1ccnc1CC(=O)c1cc(N)cc(Br)c1. The van der Waals surface area contributed by atoms with E-state index < -0.39 is 0 Å². The summed E-state index contributed by atoms with van der Waals surface area (Å²) in [7, 11) is 1.87. The van der Waals surface area contributed by atoms with Gasteiger partial charge in [-0.2, -0.15) is 0 Å². The van der Waals surface area contributed by atoms with E-state index in [2.05, 4.69) is 20.9 Å². The van der Waals surface area contributed by atoms with Crippen LogP contribution in [0.1, 0.15) is 16.2 Å². The molecule has 88 valence electrons. The van der Waals surface area contributed by atoms with Crippen molar-refractivity contribution in [3.8, 4) is 0 Å². The van der Waals surface area contributed by atoms with E-state index in [9.17, 15) is 4.79 Å². The molecule has 0 aliphatic rings. The summed E-state index contributed by atoms with van der Waals surface area (Å²) in [4.78, 5) is 16.2. The van der Waals surface area contributed by atoms with Gasteiger partial charge in [-0.25, -0.2) is 4.98 Å². The van der Waals surface area contributed by atoms with Gasteiger partial charge in [0.1, 0.15) is 5.82 Å². The number of Topliss-reactive ketones (excluding diaryl/α,β-unsaturated/α-hetero) is 1. The Balaban J connectivity index is 2.23. The molecule has 0 unspecified atom stereocenters. The van der Waals surface area contributed by atoms with Crippen molar-refractivity contribution in [1.29, 1.82) is 0 Å². The molecule has 0 fully saturated rings. The fourth-order valence-corrected chi connectivity index (χ4v) is 2.10. The average molecular weight is 294 g/mol. The lowest BCUT2D eigenvalue weighted by Crippen LogP contribution is -2.08. The van der Waals surface area contributed by atoms with Crippen LogP contribution in [-0.2, 0) is 13.5 Å². The van der Waals surface area contributed by atoms with Gasteiger partial charge in [-0.05, 0) is 18.2 Å². The van der Waals surface area contributed by atoms with Crippen LogP contribution in [0.25, 0.3) is 0 Å². The number of carbonyl (C=O) groups excluding carboxylic acids is 1. The monoisotopic (exact) mass is 293 g/mol. The highest BCUT2D eigenvalue weighted by molar-refractivity contribution is 9.10. The molecule has 2 aromatic rings. The standard InChI is InChI=1S/C12H12BrN3O/c1-16-3-2-15-12(16)7-11(17)8-4-9(13)6-10(14)5-8/h2-6H,7,14H2,1H3. The maximum atomic E-state index is 12.0. The molecule has 4 nitrogen and oxygen atoms in total. The van der Waals surface area contributed by atoms with Gasteiger partial charge in [0.25, 0.3) is 0 Å². The number of halogens is 1. The first kappa shape index (κ1) is 11.9. The molecule has 1 aromatic heterocycles. The van der Waals surface area contributed by atoms with E-state index in [1.807, 2.05) is 17.8 Å². The summed E-state index contributed by atoms with van der Waals surface area (Å²) in [6, 6.07) is 5.20. The van der Waals surface area contributed by atoms with E-state index in [0.717, 1.165) is 10.3 Å². The van der Waals surface area contributed by atoms with E-state index in [1.165, 1.54) is 0 Å². The second-order valence-electron chi connectivity index (χ2n) is 3.83. The molecular weight excluding hydrogens is 282 g/mol. The van der Waals surface area contributed by atoms with Crippen LogP contribution in [0.4, 0.5) is 5.69 Å². The Labute approximate surface area is 108 Å². The Kier molecular flexibility index (Phi) is 3.28. The number of carbonyl (C=O) groups is 1. The predicted molar refractivity (Wildman–Crippen MR) is 69.8 cm³/mol. The number of hydrogen-bond acceptors (Lipinski definition) is 3. The molecule has 0 atom stereocenters. The summed E-state index contributed by atoms with van der Waals surface area (Å²) >= 11 is 3.32. The molecule has 0 aliphatic heterocycles. The second kappa shape index (κ2) is 4.71. The molecule has 0 bridgehead atoms. The number of nitrogens with two attached hydrogens (primary N) is 1. The summed E-state index contributed by atoms with van der Waals surface area (Å²) in [6.07, 6.45) is 3.77. The number of nitrogens with zero attached hydrogens (tertiary/aromatic N) is 2. The number of aryl methyl sites for hydroxylation is 1. The molecule has 0 saturated heterocycles. The van der Waals surface area contributed by atoms with Crippen LogP contribution in [0, 0.1) is 0 Å². The number of rotatable bonds is 3. The smallest absolute Gasteiger partial charge is 0.170 e. The summed E-state index contributed by atoms with van der Waals surface area (Å²) in [5, 5.41) is 0. The van der Waals surface area contributed by atoms with Crippen molar-refractivity contribution < 1.29 is 4.79 Å². The molecule has 1 aromatic carbocycles. The zero-order valence-electron chi connectivity index (χ0n) is 9.35.